The van der Waals surface area contributed by atoms with Gasteiger partial charge in [0.15, 0.2) is 6.10 Å². The molecule has 0 N–H and O–H groups in total. The van der Waals surface area contributed by atoms with Crippen LogP contribution in [0.3, 0.4) is 0 Å². The van der Waals surface area contributed by atoms with E-state index < -0.39 is 6.10 Å². The van der Waals surface area contributed by atoms with Crippen molar-refractivity contribution in [3.8, 4) is 0 Å². The smallest absolute Gasteiger partial charge is 0.306 e. The van der Waals surface area contributed by atoms with Gasteiger partial charge < -0.3 is 14.2 Å². The highest BCUT2D eigenvalue weighted by atomic mass is 16.6. The molecule has 1 unspecified atom stereocenters. The van der Waals surface area contributed by atoms with Crippen LogP contribution in [0.15, 0.2) is 97.2 Å². The molecule has 0 aromatic rings. The van der Waals surface area contributed by atoms with Crippen molar-refractivity contribution in [3.63, 3.8) is 0 Å². The maximum Gasteiger partial charge on any atom is 0.306 e. The van der Waals surface area contributed by atoms with E-state index in [0.29, 0.717) is 19.3 Å². The average Bonchev–Trinajstić information content (AvgIpc) is 3.41. The molecule has 0 radical (unpaired) electrons. The topological polar surface area (TPSA) is 78.9 Å². The van der Waals surface area contributed by atoms with Crippen LogP contribution in [-0.4, -0.2) is 37.2 Å². The SMILES string of the molecule is CC/C=C\C/C=C\C/C=C\C/C=C\CCCCCCCCCCC(=O)OC(COC(=O)CCCCCCC/C=C\C/C=C\CCC)COC(=O)CCCCCCCCCCCCC/C=C\C/C=C\CCCCCCC. The number of carbonyl (C=O) groups excluding carboxylic acids is 3. The number of esters is 3. The maximum atomic E-state index is 12.9. The number of hydrogen-bond donors (Lipinski definition) is 0. The van der Waals surface area contributed by atoms with Crippen molar-refractivity contribution >= 4 is 17.9 Å². The van der Waals surface area contributed by atoms with Crippen molar-refractivity contribution in [1.82, 2.24) is 0 Å². The Kier molecular flexibility index (Phi) is 59.8. The normalized spacial score (nSPS) is 12.7. The lowest BCUT2D eigenvalue weighted by atomic mass is 10.0. The molecule has 0 saturated heterocycles. The second-order valence-electron chi connectivity index (χ2n) is 20.9. The van der Waals surface area contributed by atoms with E-state index in [0.717, 1.165) is 128 Å². The fraction of sp³-hybridized carbons (Fsp3) is 0.725. The summed E-state index contributed by atoms with van der Waals surface area (Å²) in [7, 11) is 0. The molecule has 1 atom stereocenters. The minimum atomic E-state index is -0.791. The fourth-order valence-corrected chi connectivity index (χ4v) is 8.80. The van der Waals surface area contributed by atoms with E-state index in [-0.39, 0.29) is 31.1 Å². The Morgan fingerprint density at radius 3 is 0.867 bits per heavy atom. The molecule has 0 fully saturated rings. The quantitative estimate of drug-likeness (QED) is 0.0261. The summed E-state index contributed by atoms with van der Waals surface area (Å²) in [6, 6.07) is 0. The molecule has 0 aliphatic rings. The standard InChI is InChI=1S/C69H118O6/c1-4-7-10-13-16-19-22-25-27-29-31-33-34-36-37-39-41-44-47-50-53-56-59-62-68(71)74-65-66(64-73-67(70)61-58-55-52-49-46-43-24-21-18-15-12-9-6-3)75-69(72)63-60-57-54-51-48-45-42-40-38-35-32-30-28-26-23-20-17-14-11-8-5-2/h8,11-12,15,17,20-22,24-26,28-29,31-32,35,66H,4-7,9-10,13-14,16,18-19,23,27,30,33-34,36-65H2,1-3H3/b11-8-,15-12-,20-17-,24-21-,25-22-,28-26-,31-29-,35-32-. The summed E-state index contributed by atoms with van der Waals surface area (Å²) < 4.78 is 16.9. The molecule has 0 aliphatic heterocycles. The molecule has 0 bridgehead atoms. The Morgan fingerprint density at radius 1 is 0.280 bits per heavy atom. The molecule has 0 aliphatic carbocycles. The first kappa shape index (κ1) is 71.3. The summed E-state index contributed by atoms with van der Waals surface area (Å²) in [4.78, 5) is 38.3. The molecular formula is C69H118O6. The molecule has 0 saturated carbocycles. The lowest BCUT2D eigenvalue weighted by Gasteiger charge is -2.18. The Hall–Kier alpha value is -3.67. The van der Waals surface area contributed by atoms with E-state index in [4.69, 9.17) is 14.2 Å². The first-order valence-corrected chi connectivity index (χ1v) is 31.7. The third-order valence-electron chi connectivity index (χ3n) is 13.5. The van der Waals surface area contributed by atoms with Gasteiger partial charge in [-0.15, -0.1) is 0 Å². The predicted octanol–water partition coefficient (Wildman–Crippen LogP) is 21.7. The summed E-state index contributed by atoms with van der Waals surface area (Å²) in [5, 5.41) is 0. The van der Waals surface area contributed by atoms with Gasteiger partial charge in [-0.05, 0) is 116 Å². The number of allylic oxidation sites excluding steroid dienone is 16. The van der Waals surface area contributed by atoms with Gasteiger partial charge in [0.2, 0.25) is 0 Å². The van der Waals surface area contributed by atoms with Gasteiger partial charge >= 0.3 is 17.9 Å². The molecular weight excluding hydrogens is 925 g/mol. The number of ether oxygens (including phenoxy) is 3. The van der Waals surface area contributed by atoms with Crippen molar-refractivity contribution in [2.24, 2.45) is 0 Å². The summed E-state index contributed by atoms with van der Waals surface area (Å²) >= 11 is 0. The lowest BCUT2D eigenvalue weighted by molar-refractivity contribution is -0.167. The number of carbonyl (C=O) groups is 3. The zero-order valence-corrected chi connectivity index (χ0v) is 49.3. The fourth-order valence-electron chi connectivity index (χ4n) is 8.80. The third-order valence-corrected chi connectivity index (χ3v) is 13.5. The molecule has 0 heterocycles. The van der Waals surface area contributed by atoms with Gasteiger partial charge in [0.25, 0.3) is 0 Å². The van der Waals surface area contributed by atoms with Gasteiger partial charge in [0, 0.05) is 19.3 Å². The molecule has 75 heavy (non-hydrogen) atoms. The summed E-state index contributed by atoms with van der Waals surface area (Å²) in [5.41, 5.74) is 0. The molecule has 6 nitrogen and oxygen atoms in total. The van der Waals surface area contributed by atoms with E-state index in [1.807, 2.05) is 0 Å². The van der Waals surface area contributed by atoms with Crippen molar-refractivity contribution in [2.75, 3.05) is 13.2 Å². The van der Waals surface area contributed by atoms with E-state index in [9.17, 15) is 14.4 Å². The summed E-state index contributed by atoms with van der Waals surface area (Å²) in [6.45, 7) is 6.46. The molecule has 0 amide bonds. The van der Waals surface area contributed by atoms with Gasteiger partial charge in [-0.1, -0.05) is 266 Å². The molecule has 0 aromatic heterocycles. The maximum absolute atomic E-state index is 12.9. The van der Waals surface area contributed by atoms with Crippen molar-refractivity contribution < 1.29 is 28.6 Å². The van der Waals surface area contributed by atoms with Crippen LogP contribution in [0, 0.1) is 0 Å². The number of unbranched alkanes of at least 4 members (excludes halogenated alkanes) is 30. The van der Waals surface area contributed by atoms with Gasteiger partial charge in [0.05, 0.1) is 0 Å². The predicted molar refractivity (Wildman–Crippen MR) is 325 cm³/mol. The molecule has 0 spiro atoms. The summed E-state index contributed by atoms with van der Waals surface area (Å²) in [5.74, 6) is -0.902. The Labute approximate surface area is 464 Å². The minimum absolute atomic E-state index is 0.0860. The van der Waals surface area contributed by atoms with Gasteiger partial charge in [-0.25, -0.2) is 0 Å². The molecule has 0 rings (SSSR count). The highest BCUT2D eigenvalue weighted by molar-refractivity contribution is 5.71. The van der Waals surface area contributed by atoms with Crippen LogP contribution in [0.1, 0.15) is 303 Å². The van der Waals surface area contributed by atoms with Gasteiger partial charge in [-0.3, -0.25) is 14.4 Å². The lowest BCUT2D eigenvalue weighted by Crippen LogP contribution is -2.30. The molecule has 6 heteroatoms. The van der Waals surface area contributed by atoms with E-state index in [1.165, 1.54) is 135 Å². The van der Waals surface area contributed by atoms with Crippen LogP contribution in [0.5, 0.6) is 0 Å². The summed E-state index contributed by atoms with van der Waals surface area (Å²) in [6.07, 6.45) is 84.1. The Bertz CT molecular complexity index is 1480. The van der Waals surface area contributed by atoms with Crippen LogP contribution in [0.4, 0.5) is 0 Å². The van der Waals surface area contributed by atoms with E-state index in [1.54, 1.807) is 0 Å². The van der Waals surface area contributed by atoms with Crippen LogP contribution in [-0.2, 0) is 28.6 Å². The highest BCUT2D eigenvalue weighted by Crippen LogP contribution is 2.16. The van der Waals surface area contributed by atoms with Crippen molar-refractivity contribution in [1.29, 1.82) is 0 Å². The zero-order chi connectivity index (χ0) is 54.3. The van der Waals surface area contributed by atoms with Crippen molar-refractivity contribution in [2.45, 2.75) is 309 Å². The number of rotatable bonds is 57. The Morgan fingerprint density at radius 2 is 0.547 bits per heavy atom. The van der Waals surface area contributed by atoms with Gasteiger partial charge in [-0.2, -0.15) is 0 Å². The highest BCUT2D eigenvalue weighted by Gasteiger charge is 2.19. The van der Waals surface area contributed by atoms with Crippen LogP contribution in [0.25, 0.3) is 0 Å². The first-order chi connectivity index (χ1) is 37.0. The molecule has 430 valence electrons. The average molecular weight is 1040 g/mol. The van der Waals surface area contributed by atoms with Crippen LogP contribution < -0.4 is 0 Å². The second kappa shape index (κ2) is 62.9. The van der Waals surface area contributed by atoms with E-state index >= 15 is 0 Å². The Balaban J connectivity index is 4.35. The monoisotopic (exact) mass is 1040 g/mol. The largest absolute Gasteiger partial charge is 0.462 e. The molecule has 0 aromatic carbocycles. The van der Waals surface area contributed by atoms with Crippen LogP contribution >= 0.6 is 0 Å². The van der Waals surface area contributed by atoms with Crippen molar-refractivity contribution in [3.05, 3.63) is 97.2 Å². The third kappa shape index (κ3) is 61.1. The van der Waals surface area contributed by atoms with Gasteiger partial charge in [0.1, 0.15) is 13.2 Å². The van der Waals surface area contributed by atoms with E-state index in [2.05, 4.69) is 118 Å². The first-order valence-electron chi connectivity index (χ1n) is 31.7. The van der Waals surface area contributed by atoms with Crippen LogP contribution in [0.2, 0.25) is 0 Å². The zero-order valence-electron chi connectivity index (χ0n) is 49.3. The second-order valence-corrected chi connectivity index (χ2v) is 20.9. The number of hydrogen-bond acceptors (Lipinski definition) is 6. The minimum Gasteiger partial charge on any atom is -0.462 e.